The number of nitrogens with zero attached hydrogens (tertiary/aromatic N) is 3. The average molecular weight is 379 g/mol. The van der Waals surface area contributed by atoms with E-state index in [-0.39, 0.29) is 6.61 Å². The van der Waals surface area contributed by atoms with Crippen molar-refractivity contribution in [3.8, 4) is 17.1 Å². The fourth-order valence-corrected chi connectivity index (χ4v) is 3.05. The van der Waals surface area contributed by atoms with E-state index in [0.29, 0.717) is 16.9 Å². The Morgan fingerprint density at radius 3 is 2.63 bits per heavy atom. The molecule has 0 radical (unpaired) electrons. The van der Waals surface area contributed by atoms with Crippen LogP contribution in [-0.4, -0.2) is 15.4 Å². The molecule has 7 heteroatoms. The molecule has 0 spiro atoms. The largest absolute Gasteiger partial charge is 0.484 e. The zero-order valence-electron chi connectivity index (χ0n) is 14.7. The van der Waals surface area contributed by atoms with E-state index in [0.717, 1.165) is 22.8 Å². The molecule has 0 atom stereocenters. The number of aromatic nitrogens is 3. The summed E-state index contributed by atoms with van der Waals surface area (Å²) in [6.45, 7) is 2.27. The van der Waals surface area contributed by atoms with Gasteiger partial charge in [0.1, 0.15) is 5.75 Å². The van der Waals surface area contributed by atoms with E-state index in [9.17, 15) is 0 Å². The van der Waals surface area contributed by atoms with Crippen LogP contribution in [0.3, 0.4) is 0 Å². The molecule has 2 aromatic carbocycles. The van der Waals surface area contributed by atoms with E-state index >= 15 is 0 Å². The topological polar surface area (TPSA) is 74.2 Å². The van der Waals surface area contributed by atoms with Gasteiger partial charge in [-0.2, -0.15) is 0 Å². The van der Waals surface area contributed by atoms with Crippen molar-refractivity contribution >= 4 is 11.8 Å². The maximum atomic E-state index is 5.64. The van der Waals surface area contributed by atoms with E-state index in [4.69, 9.17) is 13.7 Å². The van der Waals surface area contributed by atoms with Crippen LogP contribution >= 0.6 is 11.8 Å². The zero-order chi connectivity index (χ0) is 18.5. The highest BCUT2D eigenvalue weighted by Crippen LogP contribution is 2.25. The highest BCUT2D eigenvalue weighted by atomic mass is 32.2. The summed E-state index contributed by atoms with van der Waals surface area (Å²) in [4.78, 5) is 0. The lowest BCUT2D eigenvalue weighted by Gasteiger charge is -2.02. The molecule has 2 heterocycles. The maximum Gasteiger partial charge on any atom is 0.277 e. The summed E-state index contributed by atoms with van der Waals surface area (Å²) in [5, 5.41) is 12.6. The molecule has 0 saturated heterocycles. The van der Waals surface area contributed by atoms with Crippen LogP contribution in [0.15, 0.2) is 74.8 Å². The van der Waals surface area contributed by atoms with Crippen LogP contribution in [0.4, 0.5) is 0 Å². The fourth-order valence-electron chi connectivity index (χ4n) is 2.39. The van der Waals surface area contributed by atoms with Gasteiger partial charge in [-0.1, -0.05) is 64.9 Å². The van der Waals surface area contributed by atoms with E-state index in [1.54, 1.807) is 0 Å². The van der Waals surface area contributed by atoms with Crippen LogP contribution in [-0.2, 0) is 12.4 Å². The van der Waals surface area contributed by atoms with Gasteiger partial charge in [-0.15, -0.1) is 10.2 Å². The summed E-state index contributed by atoms with van der Waals surface area (Å²) in [7, 11) is 0. The van der Waals surface area contributed by atoms with Gasteiger partial charge >= 0.3 is 0 Å². The Labute approximate surface area is 160 Å². The minimum Gasteiger partial charge on any atom is -0.484 e. The first-order valence-electron chi connectivity index (χ1n) is 8.42. The van der Waals surface area contributed by atoms with E-state index < -0.39 is 0 Å². The molecular weight excluding hydrogens is 362 g/mol. The Hall–Kier alpha value is -3.06. The van der Waals surface area contributed by atoms with Crippen LogP contribution in [0.25, 0.3) is 11.3 Å². The smallest absolute Gasteiger partial charge is 0.277 e. The second kappa shape index (κ2) is 8.09. The van der Waals surface area contributed by atoms with Crippen LogP contribution in [0, 0.1) is 6.92 Å². The standard InChI is InChI=1S/C20H17N3O3S/c1-14-7-9-17(10-8-14)24-12-19-21-22-20(25-19)27-13-16-11-18(26-23-16)15-5-3-2-4-6-15/h2-11H,12-13H2,1H3. The van der Waals surface area contributed by atoms with Gasteiger partial charge < -0.3 is 13.7 Å². The van der Waals surface area contributed by atoms with Crippen molar-refractivity contribution in [2.45, 2.75) is 24.5 Å². The molecule has 4 aromatic rings. The van der Waals surface area contributed by atoms with Crippen LogP contribution in [0.2, 0.25) is 0 Å². The van der Waals surface area contributed by atoms with Gasteiger partial charge in [-0.25, -0.2) is 0 Å². The molecule has 0 amide bonds. The van der Waals surface area contributed by atoms with Crippen LogP contribution < -0.4 is 4.74 Å². The molecule has 0 aliphatic heterocycles. The molecule has 0 saturated carbocycles. The van der Waals surface area contributed by atoms with E-state index in [1.165, 1.54) is 17.3 Å². The Morgan fingerprint density at radius 2 is 1.81 bits per heavy atom. The molecular formula is C20H17N3O3S. The number of aryl methyl sites for hydroxylation is 1. The van der Waals surface area contributed by atoms with Crippen molar-refractivity contribution in [3.05, 3.63) is 77.8 Å². The third-order valence-electron chi connectivity index (χ3n) is 3.79. The Morgan fingerprint density at radius 1 is 1.00 bits per heavy atom. The van der Waals surface area contributed by atoms with Crippen LogP contribution in [0.5, 0.6) is 5.75 Å². The van der Waals surface area contributed by atoms with Crippen LogP contribution in [0.1, 0.15) is 17.1 Å². The molecule has 6 nitrogen and oxygen atoms in total. The molecule has 0 N–H and O–H groups in total. The molecule has 27 heavy (non-hydrogen) atoms. The van der Waals surface area contributed by atoms with Gasteiger partial charge in [0.05, 0.1) is 5.69 Å². The van der Waals surface area contributed by atoms with Gasteiger partial charge in [-0.3, -0.25) is 0 Å². The monoisotopic (exact) mass is 379 g/mol. The van der Waals surface area contributed by atoms with Gasteiger partial charge in [0.2, 0.25) is 0 Å². The lowest BCUT2D eigenvalue weighted by Crippen LogP contribution is -1.95. The predicted molar refractivity (Wildman–Crippen MR) is 101 cm³/mol. The van der Waals surface area contributed by atoms with Gasteiger partial charge in [-0.05, 0) is 19.1 Å². The van der Waals surface area contributed by atoms with Crippen molar-refractivity contribution < 1.29 is 13.7 Å². The minimum atomic E-state index is 0.235. The van der Waals surface area contributed by atoms with E-state index in [1.807, 2.05) is 67.6 Å². The van der Waals surface area contributed by atoms with Gasteiger partial charge in [0.15, 0.2) is 12.4 Å². The number of thioether (sulfide) groups is 1. The summed E-state index contributed by atoms with van der Waals surface area (Å²) >= 11 is 1.41. The molecule has 4 rings (SSSR count). The molecule has 2 aromatic heterocycles. The van der Waals surface area contributed by atoms with Crippen molar-refractivity contribution in [2.24, 2.45) is 0 Å². The Bertz CT molecular complexity index is 997. The number of rotatable bonds is 7. The zero-order valence-corrected chi connectivity index (χ0v) is 15.5. The van der Waals surface area contributed by atoms with Gasteiger partial charge in [0, 0.05) is 17.4 Å². The van der Waals surface area contributed by atoms with Gasteiger partial charge in [0.25, 0.3) is 11.1 Å². The van der Waals surface area contributed by atoms with Crippen molar-refractivity contribution in [1.82, 2.24) is 15.4 Å². The minimum absolute atomic E-state index is 0.235. The van der Waals surface area contributed by atoms with Crippen molar-refractivity contribution in [2.75, 3.05) is 0 Å². The summed E-state index contributed by atoms with van der Waals surface area (Å²) in [5.74, 6) is 2.52. The van der Waals surface area contributed by atoms with E-state index in [2.05, 4.69) is 15.4 Å². The molecule has 0 aliphatic carbocycles. The molecule has 136 valence electrons. The molecule has 0 aliphatic rings. The highest BCUT2D eigenvalue weighted by molar-refractivity contribution is 7.98. The molecule has 0 fully saturated rings. The highest BCUT2D eigenvalue weighted by Gasteiger charge is 2.11. The number of benzene rings is 2. The third-order valence-corrected chi connectivity index (χ3v) is 4.64. The first-order chi connectivity index (χ1) is 13.3. The maximum absolute atomic E-state index is 5.64. The average Bonchev–Trinajstić information content (AvgIpc) is 3.36. The SMILES string of the molecule is Cc1ccc(OCc2nnc(SCc3cc(-c4ccccc4)on3)o2)cc1. The third kappa shape index (κ3) is 4.57. The first kappa shape index (κ1) is 17.4. The second-order valence-electron chi connectivity index (χ2n) is 5.90. The molecule has 0 unspecified atom stereocenters. The number of ether oxygens (including phenoxy) is 1. The summed E-state index contributed by atoms with van der Waals surface area (Å²) in [6.07, 6.45) is 0. The summed E-state index contributed by atoms with van der Waals surface area (Å²) in [5.41, 5.74) is 2.99. The number of hydrogen-bond donors (Lipinski definition) is 0. The lowest BCUT2D eigenvalue weighted by atomic mass is 10.2. The Balaban J connectivity index is 1.31. The van der Waals surface area contributed by atoms with Crippen molar-refractivity contribution in [3.63, 3.8) is 0 Å². The lowest BCUT2D eigenvalue weighted by molar-refractivity contribution is 0.252. The predicted octanol–water partition coefficient (Wildman–Crippen LogP) is 4.90. The quantitative estimate of drug-likeness (QED) is 0.423. The number of hydrogen-bond acceptors (Lipinski definition) is 7. The fraction of sp³-hybridized carbons (Fsp3) is 0.150. The Kier molecular flexibility index (Phi) is 5.20. The first-order valence-corrected chi connectivity index (χ1v) is 9.40. The second-order valence-corrected chi connectivity index (χ2v) is 6.83. The molecule has 0 bridgehead atoms. The van der Waals surface area contributed by atoms with Crippen molar-refractivity contribution in [1.29, 1.82) is 0 Å². The summed E-state index contributed by atoms with van der Waals surface area (Å²) < 4.78 is 16.6. The normalized spacial score (nSPS) is 10.9. The summed E-state index contributed by atoms with van der Waals surface area (Å²) in [6, 6.07) is 19.6.